The van der Waals surface area contributed by atoms with Crippen molar-refractivity contribution in [2.45, 2.75) is 32.5 Å². The van der Waals surface area contributed by atoms with Crippen molar-refractivity contribution in [3.8, 4) is 0 Å². The normalized spacial score (nSPS) is 13.1. The third-order valence-electron chi connectivity index (χ3n) is 4.06. The van der Waals surface area contributed by atoms with Gasteiger partial charge in [0.15, 0.2) is 0 Å². The molecule has 2 nitrogen and oxygen atoms in total. The molecule has 2 atom stereocenters. The molecular formula is C21H25NOSe. The van der Waals surface area contributed by atoms with Gasteiger partial charge in [-0.15, -0.1) is 0 Å². The Balaban J connectivity index is 2.23. The van der Waals surface area contributed by atoms with Crippen LogP contribution in [0.15, 0.2) is 73.3 Å². The van der Waals surface area contributed by atoms with Gasteiger partial charge in [-0.3, -0.25) is 0 Å². The molecule has 0 aliphatic carbocycles. The van der Waals surface area contributed by atoms with Crippen LogP contribution in [0.5, 0.6) is 0 Å². The van der Waals surface area contributed by atoms with E-state index in [-0.39, 0.29) is 5.92 Å². The molecule has 0 bridgehead atoms. The summed E-state index contributed by atoms with van der Waals surface area (Å²) in [6.45, 7) is 7.29. The molecule has 0 amide bonds. The van der Waals surface area contributed by atoms with Crippen molar-refractivity contribution >= 4 is 20.1 Å². The SMILES string of the molecule is C=CC[C@@H](C(=[Se])N(Cc1ccccc1)Cc1ccccc1)[C@H](C)O. The van der Waals surface area contributed by atoms with Crippen molar-refractivity contribution < 1.29 is 5.11 Å². The number of hydrogen-bond acceptors (Lipinski definition) is 2. The van der Waals surface area contributed by atoms with Crippen molar-refractivity contribution in [2.24, 2.45) is 5.92 Å². The van der Waals surface area contributed by atoms with Crippen LogP contribution in [0.25, 0.3) is 0 Å². The maximum atomic E-state index is 10.2. The monoisotopic (exact) mass is 387 g/mol. The third-order valence-corrected chi connectivity index (χ3v) is 5.24. The molecule has 3 heteroatoms. The van der Waals surface area contributed by atoms with Crippen LogP contribution in [0, 0.1) is 5.92 Å². The third kappa shape index (κ3) is 5.45. The van der Waals surface area contributed by atoms with Gasteiger partial charge >= 0.3 is 153 Å². The molecule has 0 saturated heterocycles. The molecule has 0 unspecified atom stereocenters. The summed E-state index contributed by atoms with van der Waals surface area (Å²) in [6.07, 6.45) is 2.20. The Morgan fingerprint density at radius 2 is 1.50 bits per heavy atom. The van der Waals surface area contributed by atoms with Crippen LogP contribution in [0.3, 0.4) is 0 Å². The quantitative estimate of drug-likeness (QED) is 0.526. The van der Waals surface area contributed by atoms with Crippen LogP contribution in [0.1, 0.15) is 24.5 Å². The average molecular weight is 386 g/mol. The fourth-order valence-electron chi connectivity index (χ4n) is 2.74. The maximum absolute atomic E-state index is 10.2. The molecule has 0 aromatic heterocycles. The van der Waals surface area contributed by atoms with Crippen molar-refractivity contribution in [3.63, 3.8) is 0 Å². The van der Waals surface area contributed by atoms with E-state index in [0.717, 1.165) is 24.1 Å². The number of hydrogen-bond donors (Lipinski definition) is 1. The summed E-state index contributed by atoms with van der Waals surface area (Å²) in [7, 11) is 0. The van der Waals surface area contributed by atoms with Gasteiger partial charge in [-0.2, -0.15) is 0 Å². The average Bonchev–Trinajstić information content (AvgIpc) is 2.60. The van der Waals surface area contributed by atoms with Crippen molar-refractivity contribution in [2.75, 3.05) is 0 Å². The zero-order valence-corrected chi connectivity index (χ0v) is 15.8. The summed E-state index contributed by atoms with van der Waals surface area (Å²) in [5.41, 5.74) is 2.51. The second-order valence-electron chi connectivity index (χ2n) is 6.04. The molecule has 0 radical (unpaired) electrons. The van der Waals surface area contributed by atoms with Crippen LogP contribution < -0.4 is 0 Å². The first kappa shape index (κ1) is 18.7. The molecule has 0 fully saturated rings. The second-order valence-corrected chi connectivity index (χ2v) is 6.91. The Morgan fingerprint density at radius 3 is 1.88 bits per heavy atom. The molecule has 2 rings (SSSR count). The van der Waals surface area contributed by atoms with Gasteiger partial charge in [-0.1, -0.05) is 0 Å². The van der Waals surface area contributed by atoms with E-state index in [4.69, 9.17) is 0 Å². The van der Waals surface area contributed by atoms with Crippen LogP contribution in [0.2, 0.25) is 0 Å². The summed E-state index contributed by atoms with van der Waals surface area (Å²) < 4.78 is 1.08. The molecular weight excluding hydrogens is 361 g/mol. The number of nitrogens with zero attached hydrogens (tertiary/aromatic N) is 1. The molecule has 2 aromatic carbocycles. The molecule has 24 heavy (non-hydrogen) atoms. The topological polar surface area (TPSA) is 23.5 Å². The van der Waals surface area contributed by atoms with Crippen molar-refractivity contribution in [1.29, 1.82) is 0 Å². The predicted molar refractivity (Wildman–Crippen MR) is 103 cm³/mol. The van der Waals surface area contributed by atoms with Crippen molar-refractivity contribution in [3.05, 3.63) is 84.4 Å². The molecule has 126 valence electrons. The molecule has 1 N–H and O–H groups in total. The molecule has 0 aliphatic heterocycles. The summed E-state index contributed by atoms with van der Waals surface area (Å²) >= 11 is 3.22. The van der Waals surface area contributed by atoms with Gasteiger partial charge in [0.25, 0.3) is 0 Å². The summed E-state index contributed by atoms with van der Waals surface area (Å²) in [4.78, 5) is 2.31. The molecule has 2 aromatic rings. The van der Waals surface area contributed by atoms with Crippen LogP contribution in [-0.4, -0.2) is 36.2 Å². The summed E-state index contributed by atoms with van der Waals surface area (Å²) in [5.74, 6) is 0.0370. The fourth-order valence-corrected chi connectivity index (χ4v) is 3.62. The van der Waals surface area contributed by atoms with E-state index in [1.807, 2.05) is 25.1 Å². The zero-order valence-electron chi connectivity index (χ0n) is 14.1. The Kier molecular flexibility index (Phi) is 7.45. The Hall–Kier alpha value is -1.67. The van der Waals surface area contributed by atoms with E-state index in [0.29, 0.717) is 0 Å². The first-order valence-electron chi connectivity index (χ1n) is 8.27. The fraction of sp³-hybridized carbons (Fsp3) is 0.286. The van der Waals surface area contributed by atoms with Gasteiger partial charge < -0.3 is 0 Å². The minimum atomic E-state index is -0.423. The first-order chi connectivity index (χ1) is 11.6. The van der Waals surface area contributed by atoms with Crippen LogP contribution >= 0.6 is 0 Å². The number of aliphatic hydroxyl groups is 1. The van der Waals surface area contributed by atoms with Gasteiger partial charge in [-0.05, 0) is 0 Å². The number of allylic oxidation sites excluding steroid dienone is 1. The van der Waals surface area contributed by atoms with E-state index in [1.54, 1.807) is 0 Å². The van der Waals surface area contributed by atoms with E-state index in [1.165, 1.54) is 11.1 Å². The van der Waals surface area contributed by atoms with Crippen LogP contribution in [0.4, 0.5) is 0 Å². The molecule has 0 saturated carbocycles. The van der Waals surface area contributed by atoms with Gasteiger partial charge in [0, 0.05) is 0 Å². The minimum absolute atomic E-state index is 0.0370. The Labute approximate surface area is 153 Å². The van der Waals surface area contributed by atoms with Gasteiger partial charge in [0.05, 0.1) is 0 Å². The van der Waals surface area contributed by atoms with E-state index in [9.17, 15) is 5.11 Å². The Morgan fingerprint density at radius 1 is 1.04 bits per heavy atom. The van der Waals surface area contributed by atoms with Crippen molar-refractivity contribution in [1.82, 2.24) is 4.90 Å². The van der Waals surface area contributed by atoms with Gasteiger partial charge in [0.2, 0.25) is 0 Å². The van der Waals surface area contributed by atoms with Gasteiger partial charge in [-0.25, -0.2) is 0 Å². The standard InChI is InChI=1S/C21H25NOSe/c1-3-10-20(17(2)23)21(24)22(15-18-11-6-4-7-12-18)16-19-13-8-5-9-14-19/h3-9,11-14,17,20,23H,1,10,15-16H2,2H3/t17-,20+/m0/s1. The number of benzene rings is 2. The predicted octanol–water partition coefficient (Wildman–Crippen LogP) is 3.56. The second kappa shape index (κ2) is 9.58. The molecule has 0 heterocycles. The van der Waals surface area contributed by atoms with Gasteiger partial charge in [0.1, 0.15) is 0 Å². The zero-order chi connectivity index (χ0) is 17.4. The Bertz CT molecular complexity index is 598. The molecule has 0 spiro atoms. The number of aliphatic hydroxyl groups excluding tert-OH is 1. The van der Waals surface area contributed by atoms with Crippen LogP contribution in [-0.2, 0) is 13.1 Å². The van der Waals surface area contributed by atoms with E-state index < -0.39 is 6.10 Å². The number of rotatable bonds is 9. The molecule has 0 aliphatic rings. The summed E-state index contributed by atoms with van der Waals surface area (Å²) in [6, 6.07) is 20.8. The first-order valence-corrected chi connectivity index (χ1v) is 9.13. The van der Waals surface area contributed by atoms with E-state index >= 15 is 0 Å². The van der Waals surface area contributed by atoms with E-state index in [2.05, 4.69) is 75.6 Å². The summed E-state index contributed by atoms with van der Waals surface area (Å²) in [5, 5.41) is 10.2.